The predicted molar refractivity (Wildman–Crippen MR) is 75.7 cm³/mol. The van der Waals surface area contributed by atoms with Gasteiger partial charge in [0.05, 0.1) is 11.5 Å². The first-order chi connectivity index (χ1) is 9.56. The Hall–Kier alpha value is -1.67. The number of ether oxygens (including phenoxy) is 1. The molecular formula is C12H13N3O3S2. The lowest BCUT2D eigenvalue weighted by Crippen LogP contribution is -2.16. The van der Waals surface area contributed by atoms with Crippen LogP contribution in [0.4, 0.5) is 5.13 Å². The lowest BCUT2D eigenvalue weighted by molar-refractivity contribution is 0.271. The zero-order valence-corrected chi connectivity index (χ0v) is 12.4. The number of sulfonamides is 1. The third-order valence-corrected chi connectivity index (χ3v) is 5.26. The average molecular weight is 311 g/mol. The Morgan fingerprint density at radius 3 is 3.05 bits per heavy atom. The fourth-order valence-corrected chi connectivity index (χ4v) is 3.78. The van der Waals surface area contributed by atoms with Crippen LogP contribution >= 0.6 is 11.5 Å². The number of fused-ring (bicyclic) bond motifs is 1. The lowest BCUT2D eigenvalue weighted by atomic mass is 9.95. The van der Waals surface area contributed by atoms with Crippen molar-refractivity contribution in [1.29, 1.82) is 0 Å². The van der Waals surface area contributed by atoms with Crippen molar-refractivity contribution in [3.8, 4) is 5.75 Å². The molecule has 1 aromatic heterocycles. The van der Waals surface area contributed by atoms with Crippen LogP contribution in [0.1, 0.15) is 24.8 Å². The van der Waals surface area contributed by atoms with Crippen molar-refractivity contribution in [2.75, 3.05) is 11.3 Å². The van der Waals surface area contributed by atoms with E-state index in [1.54, 1.807) is 12.1 Å². The fourth-order valence-electron chi connectivity index (χ4n) is 2.11. The highest BCUT2D eigenvalue weighted by atomic mass is 32.2. The van der Waals surface area contributed by atoms with E-state index in [9.17, 15) is 8.42 Å². The standard InChI is InChI=1S/C12H13N3O3S2/c1-8-4-5-18-11-6-9(2-3-10(8)11)20(16,17)15-12-13-7-14-19-12/h2-3,6-8H,4-5H2,1H3,(H,13,14,15). The van der Waals surface area contributed by atoms with Crippen LogP contribution < -0.4 is 9.46 Å². The summed E-state index contributed by atoms with van der Waals surface area (Å²) in [7, 11) is -3.66. The van der Waals surface area contributed by atoms with Crippen LogP contribution in [0.3, 0.4) is 0 Å². The first-order valence-corrected chi connectivity index (χ1v) is 8.38. The maximum Gasteiger partial charge on any atom is 0.263 e. The summed E-state index contributed by atoms with van der Waals surface area (Å²) in [6.07, 6.45) is 2.25. The van der Waals surface area contributed by atoms with Crippen LogP contribution in [0.25, 0.3) is 0 Å². The number of hydrogen-bond acceptors (Lipinski definition) is 6. The zero-order valence-electron chi connectivity index (χ0n) is 10.7. The normalized spacial score (nSPS) is 18.1. The molecule has 0 aliphatic carbocycles. The van der Waals surface area contributed by atoms with Crippen LogP contribution in [0.2, 0.25) is 0 Å². The number of rotatable bonds is 3. The van der Waals surface area contributed by atoms with Crippen LogP contribution in [-0.4, -0.2) is 24.4 Å². The predicted octanol–water partition coefficient (Wildman–Crippen LogP) is 2.22. The van der Waals surface area contributed by atoms with Crippen molar-refractivity contribution in [3.63, 3.8) is 0 Å². The molecule has 1 N–H and O–H groups in total. The van der Waals surface area contributed by atoms with Gasteiger partial charge in [-0.25, -0.2) is 13.4 Å². The Balaban J connectivity index is 1.94. The molecule has 0 saturated heterocycles. The van der Waals surface area contributed by atoms with E-state index in [4.69, 9.17) is 4.74 Å². The molecule has 1 unspecified atom stereocenters. The summed E-state index contributed by atoms with van der Waals surface area (Å²) in [5.41, 5.74) is 1.05. The van der Waals surface area contributed by atoms with E-state index in [2.05, 4.69) is 21.0 Å². The summed E-state index contributed by atoms with van der Waals surface area (Å²) < 4.78 is 36.2. The summed E-state index contributed by atoms with van der Waals surface area (Å²) >= 11 is 0.991. The Morgan fingerprint density at radius 1 is 1.45 bits per heavy atom. The molecule has 20 heavy (non-hydrogen) atoms. The monoisotopic (exact) mass is 311 g/mol. The second-order valence-corrected chi connectivity index (χ2v) is 7.05. The van der Waals surface area contributed by atoms with E-state index in [-0.39, 0.29) is 10.0 Å². The van der Waals surface area contributed by atoms with Crippen LogP contribution in [0.15, 0.2) is 29.4 Å². The van der Waals surface area contributed by atoms with Crippen molar-refractivity contribution >= 4 is 26.7 Å². The average Bonchev–Trinajstić information content (AvgIpc) is 2.91. The summed E-state index contributed by atoms with van der Waals surface area (Å²) in [4.78, 5) is 3.98. The molecule has 8 heteroatoms. The number of benzene rings is 1. The highest BCUT2D eigenvalue weighted by Crippen LogP contribution is 2.35. The summed E-state index contributed by atoms with van der Waals surface area (Å²) in [5.74, 6) is 1.02. The smallest absolute Gasteiger partial charge is 0.263 e. The van der Waals surface area contributed by atoms with E-state index in [1.165, 1.54) is 6.33 Å². The Labute approximate surface area is 121 Å². The van der Waals surface area contributed by atoms with E-state index in [0.29, 0.717) is 18.3 Å². The third-order valence-electron chi connectivity index (χ3n) is 3.22. The minimum Gasteiger partial charge on any atom is -0.493 e. The molecule has 6 nitrogen and oxygen atoms in total. The fraction of sp³-hybridized carbons (Fsp3) is 0.333. The van der Waals surface area contributed by atoms with Gasteiger partial charge in [-0.05, 0) is 24.0 Å². The Bertz CT molecular complexity index is 714. The van der Waals surface area contributed by atoms with E-state index < -0.39 is 10.0 Å². The topological polar surface area (TPSA) is 81.2 Å². The van der Waals surface area contributed by atoms with Gasteiger partial charge in [0.15, 0.2) is 0 Å². The van der Waals surface area contributed by atoms with Gasteiger partial charge in [-0.2, -0.15) is 4.37 Å². The van der Waals surface area contributed by atoms with Gasteiger partial charge in [-0.1, -0.05) is 13.0 Å². The number of hydrogen-bond donors (Lipinski definition) is 1. The molecule has 1 aliphatic rings. The zero-order chi connectivity index (χ0) is 14.2. The van der Waals surface area contributed by atoms with Gasteiger partial charge in [-0.3, -0.25) is 4.72 Å². The molecule has 1 atom stereocenters. The van der Waals surface area contributed by atoms with Crippen molar-refractivity contribution in [2.24, 2.45) is 0 Å². The molecule has 0 spiro atoms. The minimum absolute atomic E-state index is 0.167. The SMILES string of the molecule is CC1CCOc2cc(S(=O)(=O)Nc3ncns3)ccc21. The Morgan fingerprint density at radius 2 is 2.30 bits per heavy atom. The van der Waals surface area contributed by atoms with Crippen molar-refractivity contribution in [1.82, 2.24) is 9.36 Å². The maximum atomic E-state index is 12.2. The first-order valence-electron chi connectivity index (χ1n) is 6.12. The minimum atomic E-state index is -3.66. The molecule has 0 fully saturated rings. The van der Waals surface area contributed by atoms with Crippen LogP contribution in [0.5, 0.6) is 5.75 Å². The van der Waals surface area contributed by atoms with Crippen LogP contribution in [0, 0.1) is 0 Å². The molecule has 0 bridgehead atoms. The molecule has 0 amide bonds. The number of nitrogens with zero attached hydrogens (tertiary/aromatic N) is 2. The number of nitrogens with one attached hydrogen (secondary N) is 1. The molecule has 2 aromatic rings. The van der Waals surface area contributed by atoms with E-state index in [1.807, 2.05) is 6.07 Å². The molecule has 106 valence electrons. The quantitative estimate of drug-likeness (QED) is 0.940. The van der Waals surface area contributed by atoms with Gasteiger partial charge < -0.3 is 4.74 Å². The maximum absolute atomic E-state index is 12.2. The van der Waals surface area contributed by atoms with Crippen molar-refractivity contribution in [2.45, 2.75) is 24.2 Å². The lowest BCUT2D eigenvalue weighted by Gasteiger charge is -2.23. The molecule has 0 radical (unpaired) electrons. The van der Waals surface area contributed by atoms with E-state index >= 15 is 0 Å². The van der Waals surface area contributed by atoms with Gasteiger partial charge in [0.1, 0.15) is 12.1 Å². The molecule has 1 aromatic carbocycles. The van der Waals surface area contributed by atoms with Gasteiger partial charge >= 0.3 is 0 Å². The largest absolute Gasteiger partial charge is 0.493 e. The highest BCUT2D eigenvalue weighted by molar-refractivity contribution is 7.93. The van der Waals surface area contributed by atoms with Crippen molar-refractivity contribution < 1.29 is 13.2 Å². The van der Waals surface area contributed by atoms with Crippen LogP contribution in [-0.2, 0) is 10.0 Å². The molecule has 2 heterocycles. The van der Waals surface area contributed by atoms with Gasteiger partial charge in [0, 0.05) is 17.6 Å². The first kappa shape index (κ1) is 13.3. The number of anilines is 1. The molecule has 1 aliphatic heterocycles. The second-order valence-electron chi connectivity index (χ2n) is 4.59. The second kappa shape index (κ2) is 5.02. The Kier molecular flexibility index (Phi) is 3.35. The van der Waals surface area contributed by atoms with E-state index in [0.717, 1.165) is 23.5 Å². The molecular weight excluding hydrogens is 298 g/mol. The van der Waals surface area contributed by atoms with Gasteiger partial charge in [0.2, 0.25) is 5.13 Å². The molecule has 0 saturated carbocycles. The summed E-state index contributed by atoms with van der Waals surface area (Å²) in [6.45, 7) is 2.72. The molecule has 3 rings (SSSR count). The highest BCUT2D eigenvalue weighted by Gasteiger charge is 2.22. The number of aromatic nitrogens is 2. The van der Waals surface area contributed by atoms with Crippen molar-refractivity contribution in [3.05, 3.63) is 30.1 Å². The summed E-state index contributed by atoms with van der Waals surface area (Å²) in [6, 6.07) is 4.97. The van der Waals surface area contributed by atoms with Gasteiger partial charge in [-0.15, -0.1) is 0 Å². The summed E-state index contributed by atoms with van der Waals surface area (Å²) in [5, 5.41) is 0.247. The van der Waals surface area contributed by atoms with Gasteiger partial charge in [0.25, 0.3) is 10.0 Å². The third kappa shape index (κ3) is 2.48.